The van der Waals surface area contributed by atoms with Crippen LogP contribution >= 0.6 is 0 Å². The molecule has 0 aliphatic heterocycles. The maximum atomic E-state index is 12.5. The summed E-state index contributed by atoms with van der Waals surface area (Å²) in [6.07, 6.45) is 0. The van der Waals surface area contributed by atoms with Crippen LogP contribution in [0.3, 0.4) is 0 Å². The minimum Gasteiger partial charge on any atom is -0.397 e. The third-order valence-electron chi connectivity index (χ3n) is 1.44. The van der Waals surface area contributed by atoms with Crippen molar-refractivity contribution in [1.29, 1.82) is 0 Å². The maximum Gasteiger partial charge on any atom is 0.125 e. The normalized spacial score (nSPS) is 9.83. The van der Waals surface area contributed by atoms with Gasteiger partial charge in [0.2, 0.25) is 0 Å². The molecule has 0 spiro atoms. The van der Waals surface area contributed by atoms with Crippen LogP contribution in [0.15, 0.2) is 18.2 Å². The van der Waals surface area contributed by atoms with Crippen LogP contribution in [-0.4, -0.2) is 18.3 Å². The highest BCUT2D eigenvalue weighted by atomic mass is 19.1. The lowest BCUT2D eigenvalue weighted by molar-refractivity contribution is 0.311. The van der Waals surface area contributed by atoms with Gasteiger partial charge in [-0.3, -0.25) is 0 Å². The van der Waals surface area contributed by atoms with Crippen molar-refractivity contribution >= 4 is 11.4 Å². The number of nitrogen functional groups attached to an aromatic ring is 1. The van der Waals surface area contributed by atoms with Crippen molar-refractivity contribution in [1.82, 2.24) is 0 Å². The van der Waals surface area contributed by atoms with Gasteiger partial charge in [0.1, 0.15) is 5.82 Å². The van der Waals surface area contributed by atoms with E-state index in [1.54, 1.807) is 6.07 Å². The number of anilines is 2. The quantitative estimate of drug-likeness (QED) is 0.588. The van der Waals surface area contributed by atoms with Gasteiger partial charge in [0.25, 0.3) is 0 Å². The Hall–Kier alpha value is -1.29. The summed E-state index contributed by atoms with van der Waals surface area (Å²) < 4.78 is 12.5. The first-order valence-corrected chi connectivity index (χ1v) is 3.64. The van der Waals surface area contributed by atoms with E-state index in [9.17, 15) is 4.39 Å². The summed E-state index contributed by atoms with van der Waals surface area (Å²) in [6.45, 7) is 0.437. The monoisotopic (exact) mass is 170 g/mol. The molecule has 0 amide bonds. The van der Waals surface area contributed by atoms with E-state index in [1.165, 1.54) is 12.1 Å². The Labute approximate surface area is 70.0 Å². The van der Waals surface area contributed by atoms with E-state index in [0.717, 1.165) is 0 Å². The van der Waals surface area contributed by atoms with Crippen molar-refractivity contribution in [3.05, 3.63) is 24.0 Å². The Kier molecular flexibility index (Phi) is 2.88. The highest BCUT2D eigenvalue weighted by molar-refractivity contribution is 5.65. The van der Waals surface area contributed by atoms with Crippen LogP contribution in [0.5, 0.6) is 0 Å². The molecule has 4 heteroatoms. The topological polar surface area (TPSA) is 58.3 Å². The van der Waals surface area contributed by atoms with Crippen molar-refractivity contribution in [2.24, 2.45) is 0 Å². The summed E-state index contributed by atoms with van der Waals surface area (Å²) in [5.41, 5.74) is 6.47. The van der Waals surface area contributed by atoms with E-state index in [4.69, 9.17) is 10.8 Å². The van der Waals surface area contributed by atoms with Gasteiger partial charge in [0, 0.05) is 6.54 Å². The molecule has 0 bridgehead atoms. The fourth-order valence-electron chi connectivity index (χ4n) is 0.885. The summed E-state index contributed by atoms with van der Waals surface area (Å²) in [7, 11) is 0. The van der Waals surface area contributed by atoms with E-state index in [0.29, 0.717) is 17.9 Å². The fourth-order valence-corrected chi connectivity index (χ4v) is 0.885. The van der Waals surface area contributed by atoms with E-state index in [-0.39, 0.29) is 12.4 Å². The minimum atomic E-state index is -0.359. The summed E-state index contributed by atoms with van der Waals surface area (Å²) in [4.78, 5) is 0. The summed E-state index contributed by atoms with van der Waals surface area (Å²) in [5.74, 6) is -0.359. The van der Waals surface area contributed by atoms with E-state index >= 15 is 0 Å². The van der Waals surface area contributed by atoms with Crippen molar-refractivity contribution in [2.75, 3.05) is 24.2 Å². The second-order valence-corrected chi connectivity index (χ2v) is 2.38. The van der Waals surface area contributed by atoms with Crippen molar-refractivity contribution in [3.63, 3.8) is 0 Å². The Morgan fingerprint density at radius 1 is 1.50 bits per heavy atom. The number of nitrogens with one attached hydrogen (secondary N) is 1. The van der Waals surface area contributed by atoms with E-state index in [2.05, 4.69) is 5.32 Å². The Morgan fingerprint density at radius 3 is 2.83 bits per heavy atom. The summed E-state index contributed by atoms with van der Waals surface area (Å²) >= 11 is 0. The SMILES string of the molecule is Nc1cc(F)ccc1NCCO. The lowest BCUT2D eigenvalue weighted by Crippen LogP contribution is -2.07. The predicted molar refractivity (Wildman–Crippen MR) is 46.4 cm³/mol. The standard InChI is InChI=1S/C8H11FN2O/c9-6-1-2-8(7(10)5-6)11-3-4-12/h1-2,5,11-12H,3-4,10H2. The Bertz CT molecular complexity index is 265. The lowest BCUT2D eigenvalue weighted by atomic mass is 10.2. The Balaban J connectivity index is 2.72. The van der Waals surface area contributed by atoms with Gasteiger partial charge < -0.3 is 16.2 Å². The smallest absolute Gasteiger partial charge is 0.125 e. The zero-order valence-electron chi connectivity index (χ0n) is 6.55. The third-order valence-corrected chi connectivity index (χ3v) is 1.44. The lowest BCUT2D eigenvalue weighted by Gasteiger charge is -2.06. The largest absolute Gasteiger partial charge is 0.397 e. The molecule has 0 unspecified atom stereocenters. The average Bonchev–Trinajstić information content (AvgIpc) is 2.03. The maximum absolute atomic E-state index is 12.5. The molecule has 0 fully saturated rings. The molecule has 0 saturated heterocycles. The minimum absolute atomic E-state index is 0.0246. The molecular formula is C8H11FN2O. The molecule has 66 valence electrons. The second kappa shape index (κ2) is 3.92. The van der Waals surface area contributed by atoms with Gasteiger partial charge in [-0.2, -0.15) is 0 Å². The molecule has 1 aromatic rings. The van der Waals surface area contributed by atoms with Crippen LogP contribution in [-0.2, 0) is 0 Å². The molecule has 3 nitrogen and oxygen atoms in total. The number of hydrogen-bond donors (Lipinski definition) is 3. The Morgan fingerprint density at radius 2 is 2.25 bits per heavy atom. The molecule has 0 atom stereocenters. The van der Waals surface area contributed by atoms with Gasteiger partial charge in [0.05, 0.1) is 18.0 Å². The molecular weight excluding hydrogens is 159 g/mol. The zero-order valence-corrected chi connectivity index (χ0v) is 6.55. The van der Waals surface area contributed by atoms with Gasteiger partial charge in [0.15, 0.2) is 0 Å². The molecule has 1 rings (SSSR count). The number of halogens is 1. The van der Waals surface area contributed by atoms with Crippen LogP contribution in [0, 0.1) is 5.82 Å². The number of nitrogens with two attached hydrogens (primary N) is 1. The number of rotatable bonds is 3. The second-order valence-electron chi connectivity index (χ2n) is 2.38. The summed E-state index contributed by atoms with van der Waals surface area (Å²) in [5, 5.41) is 11.3. The van der Waals surface area contributed by atoms with Crippen molar-refractivity contribution in [3.8, 4) is 0 Å². The van der Waals surface area contributed by atoms with Gasteiger partial charge in [-0.25, -0.2) is 4.39 Å². The van der Waals surface area contributed by atoms with Gasteiger partial charge in [-0.05, 0) is 18.2 Å². The molecule has 0 radical (unpaired) electrons. The van der Waals surface area contributed by atoms with Crippen LogP contribution < -0.4 is 11.1 Å². The first-order valence-electron chi connectivity index (χ1n) is 3.64. The van der Waals surface area contributed by atoms with Crippen LogP contribution in [0.1, 0.15) is 0 Å². The highest BCUT2D eigenvalue weighted by Crippen LogP contribution is 2.18. The first-order chi connectivity index (χ1) is 5.74. The third kappa shape index (κ3) is 2.10. The number of aliphatic hydroxyl groups excluding tert-OH is 1. The van der Waals surface area contributed by atoms with Gasteiger partial charge in [-0.15, -0.1) is 0 Å². The first kappa shape index (κ1) is 8.80. The molecule has 12 heavy (non-hydrogen) atoms. The van der Waals surface area contributed by atoms with Crippen LogP contribution in [0.4, 0.5) is 15.8 Å². The van der Waals surface area contributed by atoms with E-state index in [1.807, 2.05) is 0 Å². The molecule has 0 heterocycles. The zero-order chi connectivity index (χ0) is 8.97. The average molecular weight is 170 g/mol. The highest BCUT2D eigenvalue weighted by Gasteiger charge is 1.98. The number of aliphatic hydroxyl groups is 1. The molecule has 0 aromatic heterocycles. The molecule has 0 aliphatic carbocycles. The predicted octanol–water partition coefficient (Wildman–Crippen LogP) is 0.812. The van der Waals surface area contributed by atoms with Crippen molar-refractivity contribution in [2.45, 2.75) is 0 Å². The fraction of sp³-hybridized carbons (Fsp3) is 0.250. The number of benzene rings is 1. The summed E-state index contributed by atoms with van der Waals surface area (Å²) in [6, 6.07) is 4.09. The molecule has 4 N–H and O–H groups in total. The van der Waals surface area contributed by atoms with Crippen LogP contribution in [0.25, 0.3) is 0 Å². The number of hydrogen-bond acceptors (Lipinski definition) is 3. The molecule has 0 aliphatic rings. The molecule has 1 aromatic carbocycles. The van der Waals surface area contributed by atoms with Gasteiger partial charge >= 0.3 is 0 Å². The molecule has 0 saturated carbocycles. The van der Waals surface area contributed by atoms with Crippen molar-refractivity contribution < 1.29 is 9.50 Å². The van der Waals surface area contributed by atoms with Crippen LogP contribution in [0.2, 0.25) is 0 Å². The van der Waals surface area contributed by atoms with Gasteiger partial charge in [-0.1, -0.05) is 0 Å². The van der Waals surface area contributed by atoms with E-state index < -0.39 is 0 Å².